The van der Waals surface area contributed by atoms with E-state index in [1.165, 1.54) is 12.8 Å². The molecule has 3 aromatic carbocycles. The molecule has 0 atom stereocenters. The van der Waals surface area contributed by atoms with Crippen molar-refractivity contribution in [2.24, 2.45) is 0 Å². The minimum Gasteiger partial charge on any atom is -0.370 e. The Kier molecular flexibility index (Phi) is 5.19. The second-order valence-corrected chi connectivity index (χ2v) is 8.03. The van der Waals surface area contributed by atoms with Crippen LogP contribution in [0.5, 0.6) is 0 Å². The number of aromatic nitrogens is 2. The quantitative estimate of drug-likeness (QED) is 0.522. The minimum absolute atomic E-state index is 0.121. The lowest BCUT2D eigenvalue weighted by molar-refractivity contribution is 0.102. The standard InChI is InChI=1S/C26H24N4O2/c1-18-27-22-9-3-2-8-21(22)26(32)30(18)20-14-12-19(13-15-20)25(31)28-23-10-4-5-11-24(23)29-16-6-7-17-29/h2-5,8-15H,6-7,16-17H2,1H3,(H,28,31). The van der Waals surface area contributed by atoms with Crippen LogP contribution >= 0.6 is 0 Å². The van der Waals surface area contributed by atoms with Crippen LogP contribution in [0.2, 0.25) is 0 Å². The molecule has 6 nitrogen and oxygen atoms in total. The molecule has 4 aromatic rings. The highest BCUT2D eigenvalue weighted by Crippen LogP contribution is 2.29. The Hall–Kier alpha value is -3.93. The fourth-order valence-corrected chi connectivity index (χ4v) is 4.32. The molecule has 5 rings (SSSR count). The van der Waals surface area contributed by atoms with Crippen LogP contribution in [0.1, 0.15) is 29.0 Å². The average Bonchev–Trinajstić information content (AvgIpc) is 3.35. The van der Waals surface area contributed by atoms with Crippen molar-refractivity contribution in [3.63, 3.8) is 0 Å². The van der Waals surface area contributed by atoms with Gasteiger partial charge in [0, 0.05) is 18.7 Å². The summed E-state index contributed by atoms with van der Waals surface area (Å²) < 4.78 is 1.58. The van der Waals surface area contributed by atoms with Gasteiger partial charge in [0.15, 0.2) is 0 Å². The largest absolute Gasteiger partial charge is 0.370 e. The molecule has 2 heterocycles. The van der Waals surface area contributed by atoms with E-state index in [-0.39, 0.29) is 11.5 Å². The van der Waals surface area contributed by atoms with Gasteiger partial charge in [0.05, 0.1) is 28.0 Å². The molecule has 1 N–H and O–H groups in total. The molecule has 0 saturated carbocycles. The molecule has 0 unspecified atom stereocenters. The maximum absolute atomic E-state index is 13.0. The molecule has 1 aliphatic rings. The number of hydrogen-bond acceptors (Lipinski definition) is 4. The van der Waals surface area contributed by atoms with Crippen LogP contribution in [-0.2, 0) is 0 Å². The number of fused-ring (bicyclic) bond motifs is 1. The maximum atomic E-state index is 13.0. The second kappa shape index (κ2) is 8.30. The zero-order valence-corrected chi connectivity index (χ0v) is 17.9. The number of nitrogens with zero attached hydrogens (tertiary/aromatic N) is 3. The number of benzene rings is 3. The number of carbonyl (C=O) groups excluding carboxylic acids is 1. The zero-order valence-electron chi connectivity index (χ0n) is 17.9. The van der Waals surface area contributed by atoms with E-state index in [4.69, 9.17) is 0 Å². The molecule has 1 aliphatic heterocycles. The Balaban J connectivity index is 1.42. The second-order valence-electron chi connectivity index (χ2n) is 8.03. The molecule has 1 fully saturated rings. The molecule has 1 amide bonds. The van der Waals surface area contributed by atoms with Gasteiger partial charge in [0.1, 0.15) is 5.82 Å². The van der Waals surface area contributed by atoms with Crippen LogP contribution in [0.15, 0.2) is 77.6 Å². The summed E-state index contributed by atoms with van der Waals surface area (Å²) in [6.45, 7) is 3.83. The molecule has 1 aromatic heterocycles. The first-order valence-electron chi connectivity index (χ1n) is 10.9. The van der Waals surface area contributed by atoms with E-state index in [9.17, 15) is 9.59 Å². The van der Waals surface area contributed by atoms with Crippen LogP contribution in [0.4, 0.5) is 11.4 Å². The SMILES string of the molecule is Cc1nc2ccccc2c(=O)n1-c1ccc(C(=O)Nc2ccccc2N2CCCC2)cc1. The summed E-state index contributed by atoms with van der Waals surface area (Å²) in [5.41, 5.74) is 3.64. The van der Waals surface area contributed by atoms with Crippen LogP contribution in [0.25, 0.3) is 16.6 Å². The maximum Gasteiger partial charge on any atom is 0.265 e. The number of anilines is 2. The molecule has 32 heavy (non-hydrogen) atoms. The van der Waals surface area contributed by atoms with Crippen molar-refractivity contribution < 1.29 is 4.79 Å². The van der Waals surface area contributed by atoms with Crippen molar-refractivity contribution in [1.29, 1.82) is 0 Å². The van der Waals surface area contributed by atoms with E-state index in [1.807, 2.05) is 49.4 Å². The lowest BCUT2D eigenvalue weighted by Crippen LogP contribution is -2.22. The van der Waals surface area contributed by atoms with Gasteiger partial charge >= 0.3 is 0 Å². The third kappa shape index (κ3) is 3.64. The lowest BCUT2D eigenvalue weighted by Gasteiger charge is -2.21. The highest BCUT2D eigenvalue weighted by atomic mass is 16.1. The monoisotopic (exact) mass is 424 g/mol. The Labute approximate surface area is 186 Å². The minimum atomic E-state index is -0.177. The highest BCUT2D eigenvalue weighted by molar-refractivity contribution is 6.06. The summed E-state index contributed by atoms with van der Waals surface area (Å²) in [4.78, 5) is 32.8. The topological polar surface area (TPSA) is 67.2 Å². The molecule has 0 radical (unpaired) electrons. The van der Waals surface area contributed by atoms with Crippen LogP contribution in [-0.4, -0.2) is 28.5 Å². The van der Waals surface area contributed by atoms with Gasteiger partial charge in [0.2, 0.25) is 0 Å². The summed E-state index contributed by atoms with van der Waals surface area (Å²) in [6.07, 6.45) is 2.35. The van der Waals surface area contributed by atoms with Crippen molar-refractivity contribution >= 4 is 28.2 Å². The summed E-state index contributed by atoms with van der Waals surface area (Å²) >= 11 is 0. The Bertz CT molecular complexity index is 1350. The van der Waals surface area contributed by atoms with E-state index < -0.39 is 0 Å². The number of carbonyl (C=O) groups is 1. The normalized spacial score (nSPS) is 13.5. The summed E-state index contributed by atoms with van der Waals surface area (Å²) in [6, 6.07) is 22.3. The number of rotatable bonds is 4. The fourth-order valence-electron chi connectivity index (χ4n) is 4.32. The Morgan fingerprint density at radius 1 is 0.906 bits per heavy atom. The third-order valence-corrected chi connectivity index (χ3v) is 5.93. The van der Waals surface area contributed by atoms with E-state index in [1.54, 1.807) is 34.9 Å². The van der Waals surface area contributed by atoms with Crippen LogP contribution in [0.3, 0.4) is 0 Å². The van der Waals surface area contributed by atoms with E-state index in [2.05, 4.69) is 15.2 Å². The van der Waals surface area contributed by atoms with Gasteiger partial charge in [-0.25, -0.2) is 4.98 Å². The first-order valence-corrected chi connectivity index (χ1v) is 10.9. The van der Waals surface area contributed by atoms with E-state index in [0.717, 1.165) is 24.5 Å². The summed E-state index contributed by atoms with van der Waals surface area (Å²) in [5, 5.41) is 3.62. The lowest BCUT2D eigenvalue weighted by atomic mass is 10.1. The molecule has 1 saturated heterocycles. The smallest absolute Gasteiger partial charge is 0.265 e. The van der Waals surface area contributed by atoms with E-state index >= 15 is 0 Å². The molecule has 160 valence electrons. The van der Waals surface area contributed by atoms with Gasteiger partial charge in [0.25, 0.3) is 11.5 Å². The molecule has 0 bridgehead atoms. The van der Waals surface area contributed by atoms with Crippen molar-refractivity contribution in [3.05, 3.63) is 94.5 Å². The number of para-hydroxylation sites is 3. The molecular formula is C26H24N4O2. The number of amides is 1. The van der Waals surface area contributed by atoms with E-state index in [0.29, 0.717) is 28.0 Å². The van der Waals surface area contributed by atoms with Crippen LogP contribution < -0.4 is 15.8 Å². The number of hydrogen-bond donors (Lipinski definition) is 1. The first kappa shape index (κ1) is 20.0. The Morgan fingerprint density at radius 2 is 1.59 bits per heavy atom. The third-order valence-electron chi connectivity index (χ3n) is 5.93. The van der Waals surface area contributed by atoms with Crippen molar-refractivity contribution in [2.75, 3.05) is 23.3 Å². The zero-order chi connectivity index (χ0) is 22.1. The summed E-state index contributed by atoms with van der Waals surface area (Å²) in [5.74, 6) is 0.425. The van der Waals surface area contributed by atoms with Crippen molar-refractivity contribution in [2.45, 2.75) is 19.8 Å². The molecule has 0 spiro atoms. The van der Waals surface area contributed by atoms with Gasteiger partial charge in [-0.3, -0.25) is 14.2 Å². The molecule has 0 aliphatic carbocycles. The Morgan fingerprint density at radius 3 is 2.38 bits per heavy atom. The first-order chi connectivity index (χ1) is 15.6. The molecule has 6 heteroatoms. The highest BCUT2D eigenvalue weighted by Gasteiger charge is 2.17. The van der Waals surface area contributed by atoms with Gasteiger partial charge < -0.3 is 10.2 Å². The molecular weight excluding hydrogens is 400 g/mol. The number of nitrogens with one attached hydrogen (secondary N) is 1. The van der Waals surface area contributed by atoms with Gasteiger partial charge in [-0.1, -0.05) is 24.3 Å². The average molecular weight is 425 g/mol. The predicted molar refractivity (Wildman–Crippen MR) is 128 cm³/mol. The number of aryl methyl sites for hydroxylation is 1. The summed E-state index contributed by atoms with van der Waals surface area (Å²) in [7, 11) is 0. The van der Waals surface area contributed by atoms with Gasteiger partial charge in [-0.2, -0.15) is 0 Å². The van der Waals surface area contributed by atoms with Gasteiger partial charge in [-0.05, 0) is 68.3 Å². The van der Waals surface area contributed by atoms with Crippen molar-refractivity contribution in [1.82, 2.24) is 9.55 Å². The van der Waals surface area contributed by atoms with Crippen molar-refractivity contribution in [3.8, 4) is 5.69 Å². The van der Waals surface area contributed by atoms with Gasteiger partial charge in [-0.15, -0.1) is 0 Å². The predicted octanol–water partition coefficient (Wildman–Crippen LogP) is 4.55. The van der Waals surface area contributed by atoms with Crippen LogP contribution in [0, 0.1) is 6.92 Å². The fraction of sp³-hybridized carbons (Fsp3) is 0.192.